The molecule has 1 aromatic carbocycles. The molecule has 0 heterocycles. The van der Waals surface area contributed by atoms with Gasteiger partial charge in [0.15, 0.2) is 0 Å². The van der Waals surface area contributed by atoms with Gasteiger partial charge in [-0.1, -0.05) is 27.6 Å². The molecule has 1 fully saturated rings. The van der Waals surface area contributed by atoms with Crippen LogP contribution in [0.4, 0.5) is 8.78 Å². The molecule has 0 atom stereocenters. The third kappa shape index (κ3) is 2.58. The van der Waals surface area contributed by atoms with E-state index in [0.717, 1.165) is 23.7 Å². The van der Waals surface area contributed by atoms with Crippen molar-refractivity contribution in [1.82, 2.24) is 0 Å². The summed E-state index contributed by atoms with van der Waals surface area (Å²) in [6.07, 6.45) is 1.97. The van der Waals surface area contributed by atoms with Gasteiger partial charge in [-0.15, -0.1) is 0 Å². The Hall–Kier alpha value is -0.700. The first-order valence-corrected chi connectivity index (χ1v) is 8.47. The van der Waals surface area contributed by atoms with Crippen LogP contribution in [0.2, 0.25) is 0 Å². The van der Waals surface area contributed by atoms with E-state index in [-0.39, 0.29) is 5.41 Å². The van der Waals surface area contributed by atoms with E-state index in [2.05, 4.69) is 48.0 Å². The summed E-state index contributed by atoms with van der Waals surface area (Å²) in [6.45, 7) is 4.32. The summed E-state index contributed by atoms with van der Waals surface area (Å²) in [5.74, 6) is -0.399. The van der Waals surface area contributed by atoms with Gasteiger partial charge in [0.1, 0.15) is 0 Å². The molecular weight excluding hydrogens is 334 g/mol. The fraction of sp³-hybridized carbons (Fsp3) is 0.556. The molecule has 21 heavy (non-hydrogen) atoms. The highest BCUT2D eigenvalue weighted by Gasteiger charge is 2.45. The molecular formula is C18H21BrF2. The van der Waals surface area contributed by atoms with Gasteiger partial charge in [-0.3, -0.25) is 0 Å². The number of hydrogen-bond acceptors (Lipinski definition) is 0. The quantitative estimate of drug-likeness (QED) is 0.559. The first kappa shape index (κ1) is 15.2. The van der Waals surface area contributed by atoms with E-state index in [1.165, 1.54) is 22.3 Å². The number of halogens is 3. The maximum absolute atomic E-state index is 12.9. The van der Waals surface area contributed by atoms with Gasteiger partial charge in [-0.2, -0.15) is 0 Å². The van der Waals surface area contributed by atoms with Crippen LogP contribution in [0.1, 0.15) is 50.7 Å². The molecule has 0 N–H and O–H groups in total. The fourth-order valence-corrected chi connectivity index (χ4v) is 4.71. The first-order chi connectivity index (χ1) is 9.93. The Bertz CT molecular complexity index is 577. The van der Waals surface area contributed by atoms with Crippen LogP contribution in [0.15, 0.2) is 28.2 Å². The first-order valence-electron chi connectivity index (χ1n) is 7.68. The summed E-state index contributed by atoms with van der Waals surface area (Å²) >= 11 is 3.56. The Morgan fingerprint density at radius 3 is 2.48 bits per heavy atom. The Labute approximate surface area is 133 Å². The molecule has 1 spiro atoms. The summed E-state index contributed by atoms with van der Waals surface area (Å²) in [6, 6.07) is 6.48. The topological polar surface area (TPSA) is 0 Å². The molecule has 0 radical (unpaired) electrons. The van der Waals surface area contributed by atoms with Crippen molar-refractivity contribution < 1.29 is 8.78 Å². The van der Waals surface area contributed by atoms with Gasteiger partial charge in [0.2, 0.25) is 6.43 Å². The molecule has 1 saturated carbocycles. The van der Waals surface area contributed by atoms with Crippen molar-refractivity contribution in [2.75, 3.05) is 0 Å². The largest absolute Gasteiger partial charge is 0.241 e. The third-order valence-electron chi connectivity index (χ3n) is 5.24. The molecule has 3 heteroatoms. The van der Waals surface area contributed by atoms with E-state index in [0.29, 0.717) is 12.8 Å². The smallest absolute Gasteiger partial charge is 0.210 e. The highest BCUT2D eigenvalue weighted by atomic mass is 79.9. The fourth-order valence-electron chi connectivity index (χ4n) is 4.35. The number of rotatable bonds is 1. The van der Waals surface area contributed by atoms with E-state index in [9.17, 15) is 8.78 Å². The van der Waals surface area contributed by atoms with Crippen LogP contribution in [0, 0.1) is 11.3 Å². The second kappa shape index (κ2) is 5.49. The zero-order chi connectivity index (χ0) is 15.2. The zero-order valence-corrected chi connectivity index (χ0v) is 14.1. The molecule has 0 bridgehead atoms. The van der Waals surface area contributed by atoms with E-state index in [1.54, 1.807) is 0 Å². The molecule has 0 unspecified atom stereocenters. The van der Waals surface area contributed by atoms with Crippen molar-refractivity contribution in [2.24, 2.45) is 11.3 Å². The Morgan fingerprint density at radius 1 is 1.24 bits per heavy atom. The number of hydrogen-bond donors (Lipinski definition) is 0. The Kier molecular flexibility index (Phi) is 3.98. The van der Waals surface area contributed by atoms with Crippen molar-refractivity contribution >= 4 is 21.5 Å². The molecule has 0 amide bonds. The minimum absolute atomic E-state index is 0.105. The molecule has 3 rings (SSSR count). The molecule has 0 aromatic heterocycles. The van der Waals surface area contributed by atoms with Gasteiger partial charge in [0, 0.05) is 10.4 Å². The molecule has 0 aliphatic heterocycles. The summed E-state index contributed by atoms with van der Waals surface area (Å²) in [5.41, 5.74) is 5.58. The van der Waals surface area contributed by atoms with Crippen LogP contribution in [-0.4, -0.2) is 6.43 Å². The van der Waals surface area contributed by atoms with Crippen molar-refractivity contribution in [1.29, 1.82) is 0 Å². The van der Waals surface area contributed by atoms with Crippen LogP contribution >= 0.6 is 15.9 Å². The highest BCUT2D eigenvalue weighted by molar-refractivity contribution is 9.10. The minimum atomic E-state index is -2.16. The second-order valence-electron chi connectivity index (χ2n) is 6.81. The van der Waals surface area contributed by atoms with Crippen LogP contribution in [-0.2, 0) is 6.42 Å². The van der Waals surface area contributed by atoms with E-state index in [1.807, 2.05) is 0 Å². The second-order valence-corrected chi connectivity index (χ2v) is 7.72. The van der Waals surface area contributed by atoms with Crippen LogP contribution in [0.3, 0.4) is 0 Å². The summed E-state index contributed by atoms with van der Waals surface area (Å²) < 4.78 is 27.0. The molecule has 2 aliphatic carbocycles. The predicted molar refractivity (Wildman–Crippen MR) is 86.5 cm³/mol. The van der Waals surface area contributed by atoms with E-state index >= 15 is 0 Å². The van der Waals surface area contributed by atoms with Crippen molar-refractivity contribution in [3.63, 3.8) is 0 Å². The van der Waals surface area contributed by atoms with E-state index < -0.39 is 12.3 Å². The standard InChI is InChI=1S/C18H21BrF2/c1-11(2)16-15-9-14(19)4-3-13(15)10-18(16)7-5-12(6-8-18)17(20)21/h3-4,9,12,17H,5-8,10H2,1-2H3. The molecule has 114 valence electrons. The van der Waals surface area contributed by atoms with Gasteiger partial charge in [0.05, 0.1) is 0 Å². The third-order valence-corrected chi connectivity index (χ3v) is 5.74. The Morgan fingerprint density at radius 2 is 1.90 bits per heavy atom. The predicted octanol–water partition coefficient (Wildman–Crippen LogP) is 6.24. The van der Waals surface area contributed by atoms with Gasteiger partial charge in [-0.25, -0.2) is 8.78 Å². The average molecular weight is 355 g/mol. The maximum atomic E-state index is 12.9. The van der Waals surface area contributed by atoms with Crippen molar-refractivity contribution in [2.45, 2.75) is 52.4 Å². The number of fused-ring (bicyclic) bond motifs is 1. The lowest BCUT2D eigenvalue weighted by Gasteiger charge is -2.39. The average Bonchev–Trinajstić information content (AvgIpc) is 2.72. The summed E-state index contributed by atoms with van der Waals surface area (Å²) in [4.78, 5) is 0. The van der Waals surface area contributed by atoms with Gasteiger partial charge in [0.25, 0.3) is 0 Å². The lowest BCUT2D eigenvalue weighted by atomic mass is 9.66. The zero-order valence-electron chi connectivity index (χ0n) is 12.6. The molecule has 0 saturated heterocycles. The van der Waals surface area contributed by atoms with Crippen LogP contribution in [0.25, 0.3) is 5.57 Å². The molecule has 1 aromatic rings. The minimum Gasteiger partial charge on any atom is -0.210 e. The molecule has 2 aliphatic rings. The van der Waals surface area contributed by atoms with E-state index in [4.69, 9.17) is 0 Å². The van der Waals surface area contributed by atoms with Gasteiger partial charge < -0.3 is 0 Å². The van der Waals surface area contributed by atoms with Gasteiger partial charge >= 0.3 is 0 Å². The maximum Gasteiger partial charge on any atom is 0.241 e. The SMILES string of the molecule is CC(C)=C1c2cc(Br)ccc2CC12CCC(C(F)F)CC2. The lowest BCUT2D eigenvalue weighted by molar-refractivity contribution is 0.0378. The van der Waals surface area contributed by atoms with Crippen molar-refractivity contribution in [3.8, 4) is 0 Å². The highest BCUT2D eigenvalue weighted by Crippen LogP contribution is 2.57. The van der Waals surface area contributed by atoms with Crippen LogP contribution < -0.4 is 0 Å². The number of alkyl halides is 2. The summed E-state index contributed by atoms with van der Waals surface area (Å²) in [5, 5.41) is 0. The molecule has 0 nitrogen and oxygen atoms in total. The normalized spacial score (nSPS) is 28.3. The summed E-state index contributed by atoms with van der Waals surface area (Å²) in [7, 11) is 0. The van der Waals surface area contributed by atoms with Gasteiger partial charge in [-0.05, 0) is 80.2 Å². The van der Waals surface area contributed by atoms with Crippen molar-refractivity contribution in [3.05, 3.63) is 39.4 Å². The number of benzene rings is 1. The lowest BCUT2D eigenvalue weighted by Crippen LogP contribution is -2.30. The number of allylic oxidation sites excluding steroid dienone is 2. The van der Waals surface area contributed by atoms with Crippen LogP contribution in [0.5, 0.6) is 0 Å². The Balaban J connectivity index is 1.97. The monoisotopic (exact) mass is 354 g/mol.